The van der Waals surface area contributed by atoms with Gasteiger partial charge in [0.15, 0.2) is 0 Å². The SMILES string of the molecule is C#CCC1(CC#C)C(=O)NC(=O)c2ccccc21. The van der Waals surface area contributed by atoms with Gasteiger partial charge < -0.3 is 0 Å². The third kappa shape index (κ3) is 1.58. The standard InChI is InChI=1S/C15H11NO2/c1-3-9-15(10-4-2)12-8-6-5-7-11(12)13(17)16-14(15)18/h1-2,5-8H,9-10H2,(H,16,17,18). The van der Waals surface area contributed by atoms with Crippen molar-refractivity contribution in [2.24, 2.45) is 0 Å². The van der Waals surface area contributed by atoms with E-state index in [4.69, 9.17) is 12.8 Å². The maximum atomic E-state index is 12.1. The van der Waals surface area contributed by atoms with Gasteiger partial charge in [0.25, 0.3) is 5.91 Å². The van der Waals surface area contributed by atoms with Crippen molar-refractivity contribution in [3.63, 3.8) is 0 Å². The maximum absolute atomic E-state index is 12.1. The fourth-order valence-corrected chi connectivity index (χ4v) is 2.27. The number of terminal acetylenes is 2. The Morgan fingerprint density at radius 2 is 1.72 bits per heavy atom. The molecule has 1 aliphatic rings. The average molecular weight is 237 g/mol. The van der Waals surface area contributed by atoms with Crippen molar-refractivity contribution in [1.29, 1.82) is 0 Å². The van der Waals surface area contributed by atoms with Gasteiger partial charge >= 0.3 is 0 Å². The van der Waals surface area contributed by atoms with Gasteiger partial charge in [0.2, 0.25) is 5.91 Å². The number of nitrogens with one attached hydrogen (secondary N) is 1. The fourth-order valence-electron chi connectivity index (χ4n) is 2.27. The summed E-state index contributed by atoms with van der Waals surface area (Å²) >= 11 is 0. The highest BCUT2D eigenvalue weighted by Gasteiger charge is 2.45. The number of carbonyl (C=O) groups excluding carboxylic acids is 2. The van der Waals surface area contributed by atoms with Crippen LogP contribution in [-0.4, -0.2) is 11.8 Å². The van der Waals surface area contributed by atoms with Gasteiger partial charge in [0.1, 0.15) is 0 Å². The van der Waals surface area contributed by atoms with Gasteiger partial charge in [-0.2, -0.15) is 0 Å². The Kier molecular flexibility index (Phi) is 2.92. The van der Waals surface area contributed by atoms with Crippen LogP contribution in [0.3, 0.4) is 0 Å². The van der Waals surface area contributed by atoms with E-state index >= 15 is 0 Å². The van der Waals surface area contributed by atoms with Gasteiger partial charge in [0.05, 0.1) is 5.41 Å². The summed E-state index contributed by atoms with van der Waals surface area (Å²) in [6, 6.07) is 6.91. The first-order valence-corrected chi connectivity index (χ1v) is 5.48. The Balaban J connectivity index is 2.69. The van der Waals surface area contributed by atoms with E-state index < -0.39 is 17.2 Å². The summed E-state index contributed by atoms with van der Waals surface area (Å²) in [4.78, 5) is 23.9. The van der Waals surface area contributed by atoms with E-state index in [1.165, 1.54) is 0 Å². The predicted molar refractivity (Wildman–Crippen MR) is 67.5 cm³/mol. The van der Waals surface area contributed by atoms with Crippen LogP contribution < -0.4 is 5.32 Å². The van der Waals surface area contributed by atoms with Crippen molar-refractivity contribution in [2.75, 3.05) is 0 Å². The fraction of sp³-hybridized carbons (Fsp3) is 0.200. The summed E-state index contributed by atoms with van der Waals surface area (Å²) in [6.45, 7) is 0. The van der Waals surface area contributed by atoms with Crippen LogP contribution in [0, 0.1) is 24.7 Å². The summed E-state index contributed by atoms with van der Waals surface area (Å²) in [5, 5.41) is 2.33. The molecule has 0 bridgehead atoms. The molecule has 0 aliphatic carbocycles. The topological polar surface area (TPSA) is 46.2 Å². The van der Waals surface area contributed by atoms with Crippen molar-refractivity contribution in [1.82, 2.24) is 5.32 Å². The number of imide groups is 1. The van der Waals surface area contributed by atoms with Crippen molar-refractivity contribution >= 4 is 11.8 Å². The van der Waals surface area contributed by atoms with Crippen molar-refractivity contribution < 1.29 is 9.59 Å². The zero-order valence-electron chi connectivity index (χ0n) is 9.69. The summed E-state index contributed by atoms with van der Waals surface area (Å²) in [5.41, 5.74) is 0.0887. The third-order valence-electron chi connectivity index (χ3n) is 3.16. The van der Waals surface area contributed by atoms with Crippen LogP contribution in [-0.2, 0) is 10.2 Å². The summed E-state index contributed by atoms with van der Waals surface area (Å²) < 4.78 is 0. The van der Waals surface area contributed by atoms with Gasteiger partial charge in [-0.15, -0.1) is 24.7 Å². The van der Waals surface area contributed by atoms with E-state index in [-0.39, 0.29) is 12.8 Å². The minimum Gasteiger partial charge on any atom is -0.291 e. The van der Waals surface area contributed by atoms with Crippen LogP contribution in [0.2, 0.25) is 0 Å². The molecule has 1 aliphatic heterocycles. The molecule has 1 N–H and O–H groups in total. The van der Waals surface area contributed by atoms with Crippen LogP contribution in [0.15, 0.2) is 24.3 Å². The summed E-state index contributed by atoms with van der Waals surface area (Å²) in [6.07, 6.45) is 11.0. The molecule has 0 radical (unpaired) electrons. The first-order chi connectivity index (χ1) is 8.65. The molecule has 2 amide bonds. The molecule has 2 rings (SSSR count). The predicted octanol–water partition coefficient (Wildman–Crippen LogP) is 1.24. The number of benzene rings is 1. The normalized spacial score (nSPS) is 16.1. The number of amides is 2. The second kappa shape index (κ2) is 4.39. The minimum absolute atomic E-state index is 0.174. The molecule has 1 aromatic rings. The third-order valence-corrected chi connectivity index (χ3v) is 3.16. The lowest BCUT2D eigenvalue weighted by molar-refractivity contribution is -0.126. The molecular weight excluding hydrogens is 226 g/mol. The Bertz CT molecular complexity index is 586. The Morgan fingerprint density at radius 1 is 1.11 bits per heavy atom. The highest BCUT2D eigenvalue weighted by atomic mass is 16.2. The molecule has 0 spiro atoms. The largest absolute Gasteiger partial charge is 0.291 e. The highest BCUT2D eigenvalue weighted by Crippen LogP contribution is 2.36. The highest BCUT2D eigenvalue weighted by molar-refractivity contribution is 6.13. The molecular formula is C15H11NO2. The summed E-state index contributed by atoms with van der Waals surface area (Å²) in [5.74, 6) is 4.15. The Hall–Kier alpha value is -2.52. The lowest BCUT2D eigenvalue weighted by Gasteiger charge is -2.34. The molecule has 1 aromatic carbocycles. The zero-order chi connectivity index (χ0) is 13.2. The van der Waals surface area contributed by atoms with Gasteiger partial charge in [0, 0.05) is 18.4 Å². The molecule has 0 aromatic heterocycles. The number of rotatable bonds is 2. The van der Waals surface area contributed by atoms with E-state index in [2.05, 4.69) is 17.2 Å². The van der Waals surface area contributed by atoms with Crippen molar-refractivity contribution in [3.05, 3.63) is 35.4 Å². The number of fused-ring (bicyclic) bond motifs is 1. The van der Waals surface area contributed by atoms with Crippen LogP contribution in [0.1, 0.15) is 28.8 Å². The molecule has 0 atom stereocenters. The quantitative estimate of drug-likeness (QED) is 0.621. The van der Waals surface area contributed by atoms with E-state index in [9.17, 15) is 9.59 Å². The van der Waals surface area contributed by atoms with E-state index in [1.807, 2.05) is 0 Å². The first kappa shape index (κ1) is 12.0. The minimum atomic E-state index is -0.992. The Labute approximate surface area is 106 Å². The van der Waals surface area contributed by atoms with Gasteiger partial charge in [-0.05, 0) is 11.6 Å². The lowest BCUT2D eigenvalue weighted by atomic mass is 9.70. The van der Waals surface area contributed by atoms with Crippen LogP contribution in [0.25, 0.3) is 0 Å². The smallest absolute Gasteiger partial charge is 0.258 e. The number of hydrogen-bond acceptors (Lipinski definition) is 2. The maximum Gasteiger partial charge on any atom is 0.258 e. The summed E-state index contributed by atoms with van der Waals surface area (Å²) in [7, 11) is 0. The van der Waals surface area contributed by atoms with Gasteiger partial charge in [-0.1, -0.05) is 18.2 Å². The molecule has 3 nitrogen and oxygen atoms in total. The molecule has 0 saturated carbocycles. The monoisotopic (exact) mass is 237 g/mol. The second-order valence-electron chi connectivity index (χ2n) is 4.17. The van der Waals surface area contributed by atoms with Crippen LogP contribution in [0.5, 0.6) is 0 Å². The lowest BCUT2D eigenvalue weighted by Crippen LogP contribution is -2.51. The second-order valence-corrected chi connectivity index (χ2v) is 4.17. The molecule has 0 fully saturated rings. The van der Waals surface area contributed by atoms with E-state index in [0.29, 0.717) is 11.1 Å². The van der Waals surface area contributed by atoms with Gasteiger partial charge in [-0.25, -0.2) is 0 Å². The molecule has 18 heavy (non-hydrogen) atoms. The van der Waals surface area contributed by atoms with Gasteiger partial charge in [-0.3, -0.25) is 14.9 Å². The molecule has 1 heterocycles. The average Bonchev–Trinajstić information content (AvgIpc) is 2.37. The molecule has 3 heteroatoms. The first-order valence-electron chi connectivity index (χ1n) is 5.48. The Morgan fingerprint density at radius 3 is 2.33 bits per heavy atom. The van der Waals surface area contributed by atoms with E-state index in [0.717, 1.165) is 0 Å². The molecule has 0 unspecified atom stereocenters. The number of carbonyl (C=O) groups is 2. The zero-order valence-corrected chi connectivity index (χ0v) is 9.69. The van der Waals surface area contributed by atoms with Crippen LogP contribution in [0.4, 0.5) is 0 Å². The molecule has 0 saturated heterocycles. The number of hydrogen-bond donors (Lipinski definition) is 1. The molecule has 88 valence electrons. The van der Waals surface area contributed by atoms with E-state index in [1.54, 1.807) is 24.3 Å². The van der Waals surface area contributed by atoms with Crippen LogP contribution >= 0.6 is 0 Å². The van der Waals surface area contributed by atoms with Crippen molar-refractivity contribution in [3.8, 4) is 24.7 Å². The van der Waals surface area contributed by atoms with Crippen molar-refractivity contribution in [2.45, 2.75) is 18.3 Å².